The number of hydrogen-bond donors (Lipinski definition) is 3. The lowest BCUT2D eigenvalue weighted by Crippen LogP contribution is -2.32. The molecule has 3 amide bonds. The van der Waals surface area contributed by atoms with Crippen molar-refractivity contribution in [1.82, 2.24) is 10.2 Å². The van der Waals surface area contributed by atoms with E-state index < -0.39 is 17.8 Å². The number of carbonyl (C=O) groups excluding carboxylic acids is 2. The summed E-state index contributed by atoms with van der Waals surface area (Å²) in [5.41, 5.74) is 1.54. The molecule has 0 aromatic heterocycles. The number of benzene rings is 1. The fourth-order valence-electron chi connectivity index (χ4n) is 2.96. The lowest BCUT2D eigenvalue weighted by atomic mass is 10.2. The summed E-state index contributed by atoms with van der Waals surface area (Å²) < 4.78 is 0. The zero-order chi connectivity index (χ0) is 17.1. The second-order valence-corrected chi connectivity index (χ2v) is 6.33. The molecule has 1 aliphatic carbocycles. The average Bonchev–Trinajstić information content (AvgIpc) is 3.19. The number of aliphatic carboxylic acids is 1. The van der Waals surface area contributed by atoms with Crippen molar-refractivity contribution >= 4 is 23.6 Å². The van der Waals surface area contributed by atoms with Gasteiger partial charge < -0.3 is 20.6 Å². The molecule has 2 fully saturated rings. The summed E-state index contributed by atoms with van der Waals surface area (Å²) in [6.07, 6.45) is 2.49. The molecule has 24 heavy (non-hydrogen) atoms. The van der Waals surface area contributed by atoms with Crippen LogP contribution in [0.2, 0.25) is 0 Å². The standard InChI is InChI=1S/C17H21N3O4/c21-15(13-9-14(13)16(22)23)18-10-11-4-3-5-12(8-11)19-17(24)20-6-1-2-7-20/h3-5,8,13-14H,1-2,6-7,9-10H2,(H,18,21)(H,19,24)(H,22,23). The molecule has 1 aromatic rings. The number of amides is 3. The van der Waals surface area contributed by atoms with Gasteiger partial charge in [0.15, 0.2) is 0 Å². The van der Waals surface area contributed by atoms with Gasteiger partial charge in [0.05, 0.1) is 11.8 Å². The molecule has 2 aliphatic rings. The van der Waals surface area contributed by atoms with E-state index in [9.17, 15) is 14.4 Å². The number of urea groups is 1. The van der Waals surface area contributed by atoms with Gasteiger partial charge in [-0.1, -0.05) is 12.1 Å². The van der Waals surface area contributed by atoms with Gasteiger partial charge in [0.25, 0.3) is 0 Å². The Balaban J connectivity index is 1.51. The van der Waals surface area contributed by atoms with E-state index in [1.165, 1.54) is 0 Å². The van der Waals surface area contributed by atoms with Gasteiger partial charge in [0.1, 0.15) is 0 Å². The Kier molecular flexibility index (Phi) is 4.69. The molecular weight excluding hydrogens is 310 g/mol. The van der Waals surface area contributed by atoms with Crippen molar-refractivity contribution in [3.8, 4) is 0 Å². The first-order valence-electron chi connectivity index (χ1n) is 8.20. The molecule has 128 valence electrons. The minimum atomic E-state index is -0.915. The molecule has 0 spiro atoms. The van der Waals surface area contributed by atoms with E-state index >= 15 is 0 Å². The SMILES string of the molecule is O=C(O)C1CC1C(=O)NCc1cccc(NC(=O)N2CCCC2)c1. The number of hydrogen-bond acceptors (Lipinski definition) is 3. The Morgan fingerprint density at radius 2 is 1.92 bits per heavy atom. The lowest BCUT2D eigenvalue weighted by molar-refractivity contribution is -0.140. The van der Waals surface area contributed by atoms with E-state index in [1.54, 1.807) is 11.0 Å². The molecule has 7 heteroatoms. The van der Waals surface area contributed by atoms with E-state index in [1.807, 2.05) is 18.2 Å². The number of carbonyl (C=O) groups is 3. The third kappa shape index (κ3) is 3.84. The van der Waals surface area contributed by atoms with Gasteiger partial charge in [0.2, 0.25) is 5.91 Å². The van der Waals surface area contributed by atoms with E-state index in [4.69, 9.17) is 5.11 Å². The average molecular weight is 331 g/mol. The predicted octanol–water partition coefficient (Wildman–Crippen LogP) is 1.65. The van der Waals surface area contributed by atoms with Crippen molar-refractivity contribution in [3.05, 3.63) is 29.8 Å². The van der Waals surface area contributed by atoms with Crippen molar-refractivity contribution in [1.29, 1.82) is 0 Å². The first kappa shape index (κ1) is 16.3. The third-order valence-corrected chi connectivity index (χ3v) is 4.48. The summed E-state index contributed by atoms with van der Waals surface area (Å²) in [6.45, 7) is 1.89. The van der Waals surface area contributed by atoms with Crippen LogP contribution in [0.4, 0.5) is 10.5 Å². The molecule has 1 heterocycles. The second-order valence-electron chi connectivity index (χ2n) is 6.33. The largest absolute Gasteiger partial charge is 0.481 e. The molecule has 0 bridgehead atoms. The maximum absolute atomic E-state index is 12.1. The number of rotatable bonds is 5. The number of nitrogens with zero attached hydrogens (tertiary/aromatic N) is 1. The normalized spacial score (nSPS) is 22.1. The minimum absolute atomic E-state index is 0.101. The van der Waals surface area contributed by atoms with Crippen LogP contribution in [-0.2, 0) is 16.1 Å². The van der Waals surface area contributed by atoms with Crippen molar-refractivity contribution in [2.75, 3.05) is 18.4 Å². The number of anilines is 1. The molecule has 1 saturated carbocycles. The number of nitrogens with one attached hydrogen (secondary N) is 2. The Hall–Kier alpha value is -2.57. The van der Waals surface area contributed by atoms with E-state index in [0.29, 0.717) is 18.7 Å². The monoisotopic (exact) mass is 331 g/mol. The van der Waals surface area contributed by atoms with Crippen LogP contribution in [0.5, 0.6) is 0 Å². The molecular formula is C17H21N3O4. The molecule has 0 radical (unpaired) electrons. The predicted molar refractivity (Wildman–Crippen MR) is 87.3 cm³/mol. The zero-order valence-corrected chi connectivity index (χ0v) is 13.3. The van der Waals surface area contributed by atoms with Crippen LogP contribution in [0.15, 0.2) is 24.3 Å². The first-order chi connectivity index (χ1) is 11.5. The molecule has 3 N–H and O–H groups in total. The van der Waals surface area contributed by atoms with E-state index in [2.05, 4.69) is 10.6 Å². The van der Waals surface area contributed by atoms with Crippen LogP contribution in [-0.4, -0.2) is 41.0 Å². The topological polar surface area (TPSA) is 98.7 Å². The first-order valence-corrected chi connectivity index (χ1v) is 8.20. The molecule has 1 aliphatic heterocycles. The fraction of sp³-hybridized carbons (Fsp3) is 0.471. The van der Waals surface area contributed by atoms with Crippen molar-refractivity contribution in [3.63, 3.8) is 0 Å². The highest BCUT2D eigenvalue weighted by atomic mass is 16.4. The highest BCUT2D eigenvalue weighted by Gasteiger charge is 2.48. The quantitative estimate of drug-likeness (QED) is 0.764. The van der Waals surface area contributed by atoms with Gasteiger partial charge in [-0.05, 0) is 37.0 Å². The Morgan fingerprint density at radius 1 is 1.17 bits per heavy atom. The number of carboxylic acid groups (broad SMARTS) is 1. The van der Waals surface area contributed by atoms with Gasteiger partial charge in [-0.25, -0.2) is 4.79 Å². The van der Waals surface area contributed by atoms with Gasteiger partial charge >= 0.3 is 12.0 Å². The Morgan fingerprint density at radius 3 is 2.58 bits per heavy atom. The summed E-state index contributed by atoms with van der Waals surface area (Å²) in [6, 6.07) is 7.19. The molecule has 7 nitrogen and oxygen atoms in total. The van der Waals surface area contributed by atoms with Crippen LogP contribution in [0.3, 0.4) is 0 Å². The lowest BCUT2D eigenvalue weighted by Gasteiger charge is -2.16. The van der Waals surface area contributed by atoms with Crippen molar-refractivity contribution < 1.29 is 19.5 Å². The molecule has 2 unspecified atom stereocenters. The summed E-state index contributed by atoms with van der Waals surface area (Å²) in [4.78, 5) is 36.5. The van der Waals surface area contributed by atoms with Crippen LogP contribution in [0.1, 0.15) is 24.8 Å². The number of carboxylic acids is 1. The molecule has 1 saturated heterocycles. The van der Waals surface area contributed by atoms with Gasteiger partial charge in [-0.15, -0.1) is 0 Å². The van der Waals surface area contributed by atoms with Crippen LogP contribution >= 0.6 is 0 Å². The molecule has 1 aromatic carbocycles. The van der Waals surface area contributed by atoms with Gasteiger partial charge in [0, 0.05) is 25.3 Å². The fourth-order valence-corrected chi connectivity index (χ4v) is 2.96. The summed E-state index contributed by atoms with van der Waals surface area (Å²) in [5.74, 6) is -2.10. The molecule has 3 rings (SSSR count). The highest BCUT2D eigenvalue weighted by Crippen LogP contribution is 2.38. The third-order valence-electron chi connectivity index (χ3n) is 4.48. The molecule has 2 atom stereocenters. The van der Waals surface area contributed by atoms with Crippen molar-refractivity contribution in [2.45, 2.75) is 25.8 Å². The van der Waals surface area contributed by atoms with Crippen LogP contribution < -0.4 is 10.6 Å². The highest BCUT2D eigenvalue weighted by molar-refractivity contribution is 5.90. The Bertz CT molecular complexity index is 655. The van der Waals surface area contributed by atoms with Crippen LogP contribution in [0, 0.1) is 11.8 Å². The second kappa shape index (κ2) is 6.90. The van der Waals surface area contributed by atoms with Crippen LogP contribution in [0.25, 0.3) is 0 Å². The van der Waals surface area contributed by atoms with Crippen molar-refractivity contribution in [2.24, 2.45) is 11.8 Å². The summed E-state index contributed by atoms with van der Waals surface area (Å²) in [5, 5.41) is 14.5. The maximum atomic E-state index is 12.1. The number of likely N-dealkylation sites (tertiary alicyclic amines) is 1. The minimum Gasteiger partial charge on any atom is -0.481 e. The Labute approximate surface area is 140 Å². The smallest absolute Gasteiger partial charge is 0.321 e. The summed E-state index contributed by atoms with van der Waals surface area (Å²) >= 11 is 0. The zero-order valence-electron chi connectivity index (χ0n) is 13.3. The van der Waals surface area contributed by atoms with E-state index in [-0.39, 0.29) is 11.9 Å². The summed E-state index contributed by atoms with van der Waals surface area (Å²) in [7, 11) is 0. The van der Waals surface area contributed by atoms with Gasteiger partial charge in [-0.3, -0.25) is 9.59 Å². The maximum Gasteiger partial charge on any atom is 0.321 e. The van der Waals surface area contributed by atoms with Gasteiger partial charge in [-0.2, -0.15) is 0 Å². The van der Waals surface area contributed by atoms with E-state index in [0.717, 1.165) is 31.5 Å².